The second kappa shape index (κ2) is 16.7. The summed E-state index contributed by atoms with van der Waals surface area (Å²) in [5, 5.41) is 0. The Morgan fingerprint density at radius 1 is 0.590 bits per heavy atom. The smallest absolute Gasteiger partial charge is 0.331 e. The normalized spacial score (nSPS) is 11.6. The van der Waals surface area contributed by atoms with Gasteiger partial charge in [-0.15, -0.1) is 0 Å². The molecule has 4 heteroatoms. The van der Waals surface area contributed by atoms with Gasteiger partial charge in [-0.25, -0.2) is 9.59 Å². The number of ether oxygens (including phenoxy) is 2. The van der Waals surface area contributed by atoms with E-state index in [1.807, 2.05) is 140 Å². The van der Waals surface area contributed by atoms with Crippen LogP contribution in [0.5, 0.6) is 0 Å². The molecule has 0 aliphatic carbocycles. The van der Waals surface area contributed by atoms with Crippen molar-refractivity contribution in [1.82, 2.24) is 0 Å². The van der Waals surface area contributed by atoms with E-state index in [0.29, 0.717) is 0 Å². The predicted molar refractivity (Wildman–Crippen MR) is 158 cm³/mol. The van der Waals surface area contributed by atoms with Crippen molar-refractivity contribution in [1.29, 1.82) is 0 Å². The molecule has 39 heavy (non-hydrogen) atoms. The van der Waals surface area contributed by atoms with Crippen molar-refractivity contribution in [2.24, 2.45) is 0 Å². The van der Waals surface area contributed by atoms with Crippen LogP contribution in [0.2, 0.25) is 0 Å². The maximum Gasteiger partial charge on any atom is 0.331 e. The van der Waals surface area contributed by atoms with Crippen LogP contribution in [-0.4, -0.2) is 18.5 Å². The fourth-order valence-electron chi connectivity index (χ4n) is 3.39. The number of hydrogen-bond acceptors (Lipinski definition) is 4. The van der Waals surface area contributed by atoms with E-state index in [2.05, 4.69) is 0 Å². The standard InChI is InChI=1S/C18H16O2.C17H16O2/c19-18(14-13-17-10-5-2-6-11-17)20-15-7-12-16-8-3-1-4-9-16;1-14(16-10-6-3-7-11-16)19-17(18)13-12-15-8-4-2-5-9-15/h1-14H,15H2;2-14H,1H3. The first-order chi connectivity index (χ1) is 19.1. The topological polar surface area (TPSA) is 52.6 Å². The van der Waals surface area contributed by atoms with Gasteiger partial charge in [0.05, 0.1) is 0 Å². The summed E-state index contributed by atoms with van der Waals surface area (Å²) in [7, 11) is 0. The molecular formula is C35H32O4. The van der Waals surface area contributed by atoms with Crippen molar-refractivity contribution >= 4 is 30.2 Å². The minimum atomic E-state index is -0.341. The van der Waals surface area contributed by atoms with Crippen LogP contribution in [-0.2, 0) is 19.1 Å². The summed E-state index contributed by atoms with van der Waals surface area (Å²) >= 11 is 0. The van der Waals surface area contributed by atoms with E-state index in [1.54, 1.807) is 12.2 Å². The number of carbonyl (C=O) groups is 2. The first kappa shape index (κ1) is 28.6. The first-order valence-electron chi connectivity index (χ1n) is 12.7. The fraction of sp³-hybridized carbons (Fsp3) is 0.0857. The Bertz CT molecular complexity index is 1340. The molecule has 0 aliphatic rings. The van der Waals surface area contributed by atoms with Crippen LogP contribution < -0.4 is 0 Å². The lowest BCUT2D eigenvalue weighted by molar-refractivity contribution is -0.142. The minimum absolute atomic E-state index is 0.242. The molecule has 4 aromatic rings. The van der Waals surface area contributed by atoms with Gasteiger partial charge >= 0.3 is 11.9 Å². The molecule has 0 aromatic heterocycles. The molecule has 0 bridgehead atoms. The van der Waals surface area contributed by atoms with Gasteiger partial charge in [0.25, 0.3) is 0 Å². The molecular weight excluding hydrogens is 484 g/mol. The van der Waals surface area contributed by atoms with Gasteiger partial charge in [0.1, 0.15) is 12.7 Å². The Morgan fingerprint density at radius 3 is 1.49 bits per heavy atom. The summed E-state index contributed by atoms with van der Waals surface area (Å²) < 4.78 is 10.4. The van der Waals surface area contributed by atoms with Gasteiger partial charge in [0.15, 0.2) is 0 Å². The molecule has 0 fully saturated rings. The third-order valence-corrected chi connectivity index (χ3v) is 5.42. The average molecular weight is 517 g/mol. The Balaban J connectivity index is 0.000000216. The van der Waals surface area contributed by atoms with E-state index in [-0.39, 0.29) is 24.6 Å². The summed E-state index contributed by atoms with van der Waals surface area (Å²) in [6.07, 6.45) is 9.88. The lowest BCUT2D eigenvalue weighted by atomic mass is 10.1. The molecule has 4 nitrogen and oxygen atoms in total. The predicted octanol–water partition coefficient (Wildman–Crippen LogP) is 7.96. The summed E-state index contributed by atoms with van der Waals surface area (Å²) in [5.74, 6) is -0.674. The zero-order valence-corrected chi connectivity index (χ0v) is 21.9. The van der Waals surface area contributed by atoms with Gasteiger partial charge in [-0.3, -0.25) is 0 Å². The first-order valence-corrected chi connectivity index (χ1v) is 12.7. The zero-order valence-electron chi connectivity index (χ0n) is 21.9. The van der Waals surface area contributed by atoms with Crippen LogP contribution in [0.3, 0.4) is 0 Å². The van der Waals surface area contributed by atoms with Crippen molar-refractivity contribution in [3.8, 4) is 0 Å². The molecule has 1 unspecified atom stereocenters. The van der Waals surface area contributed by atoms with Crippen LogP contribution in [0.1, 0.15) is 35.3 Å². The highest BCUT2D eigenvalue weighted by molar-refractivity contribution is 5.87. The van der Waals surface area contributed by atoms with E-state index in [0.717, 1.165) is 22.3 Å². The van der Waals surface area contributed by atoms with Gasteiger partial charge < -0.3 is 9.47 Å². The summed E-state index contributed by atoms with van der Waals surface area (Å²) in [6.45, 7) is 2.14. The maximum absolute atomic E-state index is 11.7. The number of rotatable bonds is 9. The summed E-state index contributed by atoms with van der Waals surface area (Å²) in [5.41, 5.74) is 4.03. The number of carbonyl (C=O) groups excluding carboxylic acids is 2. The van der Waals surface area contributed by atoms with Crippen molar-refractivity contribution in [2.75, 3.05) is 6.61 Å². The molecule has 4 aromatic carbocycles. The highest BCUT2D eigenvalue weighted by atomic mass is 16.5. The second-order valence-corrected chi connectivity index (χ2v) is 8.42. The van der Waals surface area contributed by atoms with E-state index in [1.165, 1.54) is 12.2 Å². The van der Waals surface area contributed by atoms with Gasteiger partial charge in [-0.05, 0) is 47.4 Å². The Kier molecular flexibility index (Phi) is 12.3. The monoisotopic (exact) mass is 516 g/mol. The largest absolute Gasteiger partial charge is 0.458 e. The van der Waals surface area contributed by atoms with E-state index in [9.17, 15) is 9.59 Å². The second-order valence-electron chi connectivity index (χ2n) is 8.42. The van der Waals surface area contributed by atoms with Crippen molar-refractivity contribution in [3.63, 3.8) is 0 Å². The van der Waals surface area contributed by atoms with E-state index in [4.69, 9.17) is 9.47 Å². The van der Waals surface area contributed by atoms with Crippen molar-refractivity contribution in [2.45, 2.75) is 13.0 Å². The van der Waals surface area contributed by atoms with Crippen LogP contribution in [0.15, 0.2) is 140 Å². The lowest BCUT2D eigenvalue weighted by Gasteiger charge is -2.11. The lowest BCUT2D eigenvalue weighted by Crippen LogP contribution is -2.05. The van der Waals surface area contributed by atoms with Gasteiger partial charge in [0.2, 0.25) is 0 Å². The third-order valence-electron chi connectivity index (χ3n) is 5.42. The molecule has 196 valence electrons. The molecule has 1 atom stereocenters. The minimum Gasteiger partial charge on any atom is -0.458 e. The number of esters is 2. The highest BCUT2D eigenvalue weighted by Crippen LogP contribution is 2.16. The molecule has 0 saturated heterocycles. The number of hydrogen-bond donors (Lipinski definition) is 0. The Morgan fingerprint density at radius 2 is 1.00 bits per heavy atom. The van der Waals surface area contributed by atoms with Gasteiger partial charge in [-0.1, -0.05) is 127 Å². The van der Waals surface area contributed by atoms with E-state index >= 15 is 0 Å². The van der Waals surface area contributed by atoms with E-state index < -0.39 is 0 Å². The SMILES string of the molecule is CC(OC(=O)C=Cc1ccccc1)c1ccccc1.O=C(C=Cc1ccccc1)OCC=Cc1ccccc1. The molecule has 0 N–H and O–H groups in total. The van der Waals surface area contributed by atoms with Crippen molar-refractivity contribution in [3.05, 3.63) is 162 Å². The molecule has 4 rings (SSSR count). The number of benzene rings is 4. The third kappa shape index (κ3) is 11.8. The molecule has 0 amide bonds. The molecule has 0 saturated carbocycles. The molecule has 0 spiro atoms. The average Bonchev–Trinajstić information content (AvgIpc) is 2.99. The van der Waals surface area contributed by atoms with Crippen LogP contribution in [0, 0.1) is 0 Å². The van der Waals surface area contributed by atoms with Crippen LogP contribution in [0.4, 0.5) is 0 Å². The quantitative estimate of drug-likeness (QED) is 0.167. The van der Waals surface area contributed by atoms with Gasteiger partial charge in [-0.2, -0.15) is 0 Å². The Labute approximate surface area is 230 Å². The van der Waals surface area contributed by atoms with Crippen molar-refractivity contribution < 1.29 is 19.1 Å². The van der Waals surface area contributed by atoms with Crippen LogP contribution >= 0.6 is 0 Å². The maximum atomic E-state index is 11.7. The molecule has 0 aliphatic heterocycles. The van der Waals surface area contributed by atoms with Gasteiger partial charge in [0, 0.05) is 12.2 Å². The summed E-state index contributed by atoms with van der Waals surface area (Å²) in [6, 6.07) is 38.9. The van der Waals surface area contributed by atoms with Crippen LogP contribution in [0.25, 0.3) is 18.2 Å². The fourth-order valence-corrected chi connectivity index (χ4v) is 3.39. The zero-order chi connectivity index (χ0) is 27.5. The molecule has 0 heterocycles. The molecule has 0 radical (unpaired) electrons. The Hall–Kier alpha value is -4.96. The summed E-state index contributed by atoms with van der Waals surface area (Å²) in [4.78, 5) is 23.2. The highest BCUT2D eigenvalue weighted by Gasteiger charge is 2.08.